The lowest BCUT2D eigenvalue weighted by Gasteiger charge is -2.13. The second-order valence-electron chi connectivity index (χ2n) is 7.13. The van der Waals surface area contributed by atoms with Crippen LogP contribution in [-0.4, -0.2) is 38.1 Å². The number of anilines is 1. The summed E-state index contributed by atoms with van der Waals surface area (Å²) in [5.74, 6) is 0.0948. The van der Waals surface area contributed by atoms with Gasteiger partial charge in [-0.1, -0.05) is 36.4 Å². The number of nitrogens with zero attached hydrogens (tertiary/aromatic N) is 2. The summed E-state index contributed by atoms with van der Waals surface area (Å²) in [6.07, 6.45) is 0.445. The summed E-state index contributed by atoms with van der Waals surface area (Å²) >= 11 is 0. The minimum absolute atomic E-state index is 0.00873. The van der Waals surface area contributed by atoms with Gasteiger partial charge in [-0.25, -0.2) is 16.8 Å². The predicted octanol–water partition coefficient (Wildman–Crippen LogP) is 2.81. The first kappa shape index (κ1) is 18.9. The van der Waals surface area contributed by atoms with Gasteiger partial charge in [0.15, 0.2) is 9.84 Å². The first-order valence-electron chi connectivity index (χ1n) is 8.95. The Morgan fingerprint density at radius 1 is 1.11 bits per heavy atom. The third-order valence-corrected chi connectivity index (χ3v) is 8.48. The van der Waals surface area contributed by atoms with Crippen LogP contribution in [0.15, 0.2) is 47.4 Å². The molecular weight excluding hydrogens is 398 g/mol. The quantitative estimate of drug-likeness (QED) is 0.701. The van der Waals surface area contributed by atoms with Crippen molar-refractivity contribution in [3.05, 3.63) is 53.9 Å². The normalized spacial score (nSPS) is 19.1. The summed E-state index contributed by atoms with van der Waals surface area (Å²) in [6.45, 7) is 3.30. The Balaban J connectivity index is 1.74. The fraction of sp³-hybridized carbons (Fsp3) is 0.316. The highest BCUT2D eigenvalue weighted by Crippen LogP contribution is 2.31. The number of sulfone groups is 1. The van der Waals surface area contributed by atoms with Crippen LogP contribution in [0.2, 0.25) is 0 Å². The van der Waals surface area contributed by atoms with Gasteiger partial charge in [-0.15, -0.1) is 0 Å². The molecule has 1 unspecified atom stereocenters. The molecule has 0 spiro atoms. The lowest BCUT2D eigenvalue weighted by atomic mass is 10.1. The molecule has 1 saturated heterocycles. The zero-order chi connectivity index (χ0) is 20.1. The molecule has 1 aliphatic rings. The van der Waals surface area contributed by atoms with E-state index in [-0.39, 0.29) is 22.4 Å². The van der Waals surface area contributed by atoms with Gasteiger partial charge in [0.1, 0.15) is 4.90 Å². The summed E-state index contributed by atoms with van der Waals surface area (Å²) in [5, 5.41) is 6.10. The molecule has 2 aromatic carbocycles. The van der Waals surface area contributed by atoms with E-state index in [4.69, 9.17) is 0 Å². The Bertz CT molecular complexity index is 1270. The van der Waals surface area contributed by atoms with Crippen LogP contribution in [0.25, 0.3) is 10.8 Å². The van der Waals surface area contributed by atoms with Crippen molar-refractivity contribution in [1.29, 1.82) is 0 Å². The van der Waals surface area contributed by atoms with Gasteiger partial charge in [0.25, 0.3) is 10.0 Å². The summed E-state index contributed by atoms with van der Waals surface area (Å²) in [7, 11) is -6.98. The third kappa shape index (κ3) is 3.29. The standard InChI is InChI=1S/C19H21N3O4S2/c1-13-19(14(2)22(20-13)16-10-11-27(23,24)12-16)28(25,26)21-18-9-5-7-15-6-3-4-8-17(15)18/h3-9,16,21H,10-12H2,1-2H3. The molecule has 1 N–H and O–H groups in total. The van der Waals surface area contributed by atoms with Crippen LogP contribution in [0.5, 0.6) is 0 Å². The van der Waals surface area contributed by atoms with Gasteiger partial charge in [0.05, 0.1) is 34.6 Å². The van der Waals surface area contributed by atoms with Crippen LogP contribution in [-0.2, 0) is 19.9 Å². The summed E-state index contributed by atoms with van der Waals surface area (Å²) < 4.78 is 54.2. The summed E-state index contributed by atoms with van der Waals surface area (Å²) in [4.78, 5) is 0.102. The van der Waals surface area contributed by atoms with Crippen LogP contribution in [0.3, 0.4) is 0 Å². The highest BCUT2D eigenvalue weighted by atomic mass is 32.2. The van der Waals surface area contributed by atoms with Crippen molar-refractivity contribution in [2.24, 2.45) is 0 Å². The summed E-state index contributed by atoms with van der Waals surface area (Å²) in [6, 6.07) is 12.6. The van der Waals surface area contributed by atoms with Crippen LogP contribution in [0.1, 0.15) is 23.9 Å². The molecule has 1 fully saturated rings. The summed E-state index contributed by atoms with van der Waals surface area (Å²) in [5.41, 5.74) is 1.30. The molecule has 148 valence electrons. The number of aryl methyl sites for hydroxylation is 1. The van der Waals surface area contributed by atoms with Gasteiger partial charge in [-0.3, -0.25) is 9.40 Å². The van der Waals surface area contributed by atoms with Crippen molar-refractivity contribution >= 4 is 36.3 Å². The van der Waals surface area contributed by atoms with E-state index < -0.39 is 19.9 Å². The first-order chi connectivity index (χ1) is 13.2. The lowest BCUT2D eigenvalue weighted by Crippen LogP contribution is -2.17. The van der Waals surface area contributed by atoms with E-state index in [0.29, 0.717) is 23.5 Å². The number of benzene rings is 2. The monoisotopic (exact) mass is 419 g/mol. The Labute approximate surface area is 164 Å². The largest absolute Gasteiger partial charge is 0.279 e. The Hall–Kier alpha value is -2.39. The molecule has 1 atom stereocenters. The van der Waals surface area contributed by atoms with Crippen LogP contribution in [0.4, 0.5) is 5.69 Å². The second kappa shape index (κ2) is 6.59. The molecule has 3 aromatic rings. The number of rotatable bonds is 4. The maximum Gasteiger partial charge on any atom is 0.265 e. The molecule has 0 amide bonds. The van der Waals surface area contributed by atoms with Crippen molar-refractivity contribution in [3.63, 3.8) is 0 Å². The van der Waals surface area contributed by atoms with Gasteiger partial charge >= 0.3 is 0 Å². The Morgan fingerprint density at radius 2 is 1.82 bits per heavy atom. The Kier molecular flexibility index (Phi) is 4.46. The fourth-order valence-corrected chi connectivity index (χ4v) is 7.04. The third-order valence-electron chi connectivity index (χ3n) is 5.12. The highest BCUT2D eigenvalue weighted by Gasteiger charge is 2.33. The molecule has 2 heterocycles. The molecule has 4 rings (SSSR count). The van der Waals surface area contributed by atoms with Gasteiger partial charge in [0.2, 0.25) is 0 Å². The number of hydrogen-bond acceptors (Lipinski definition) is 5. The van der Waals surface area contributed by atoms with Crippen LogP contribution >= 0.6 is 0 Å². The second-order valence-corrected chi connectivity index (χ2v) is 11.0. The highest BCUT2D eigenvalue weighted by molar-refractivity contribution is 7.93. The van der Waals surface area contributed by atoms with Crippen LogP contribution in [0, 0.1) is 13.8 Å². The predicted molar refractivity (Wildman–Crippen MR) is 109 cm³/mol. The van der Waals surface area contributed by atoms with Gasteiger partial charge in [-0.05, 0) is 31.7 Å². The average Bonchev–Trinajstić information content (AvgIpc) is 3.13. The molecule has 9 heteroatoms. The van der Waals surface area contributed by atoms with E-state index in [1.54, 1.807) is 30.7 Å². The van der Waals surface area contributed by atoms with Crippen molar-refractivity contribution in [2.45, 2.75) is 31.2 Å². The van der Waals surface area contributed by atoms with Gasteiger partial charge in [-0.2, -0.15) is 5.10 Å². The van der Waals surface area contributed by atoms with E-state index in [0.717, 1.165) is 10.8 Å². The number of nitrogens with one attached hydrogen (secondary N) is 1. The molecule has 1 aliphatic heterocycles. The maximum atomic E-state index is 13.2. The topological polar surface area (TPSA) is 98.1 Å². The van der Waals surface area contributed by atoms with Crippen molar-refractivity contribution in [1.82, 2.24) is 9.78 Å². The lowest BCUT2D eigenvalue weighted by molar-refractivity contribution is 0.484. The SMILES string of the molecule is Cc1nn(C2CCS(=O)(=O)C2)c(C)c1S(=O)(=O)Nc1cccc2ccccc12. The number of sulfonamides is 1. The molecule has 0 radical (unpaired) electrons. The fourth-order valence-electron chi connectivity index (χ4n) is 3.87. The maximum absolute atomic E-state index is 13.2. The van der Waals surface area contributed by atoms with Crippen molar-refractivity contribution in [2.75, 3.05) is 16.2 Å². The zero-order valence-electron chi connectivity index (χ0n) is 15.6. The number of hydrogen-bond donors (Lipinski definition) is 1. The van der Waals surface area contributed by atoms with Gasteiger partial charge < -0.3 is 0 Å². The van der Waals surface area contributed by atoms with Crippen LogP contribution < -0.4 is 4.72 Å². The smallest absolute Gasteiger partial charge is 0.265 e. The molecule has 0 aliphatic carbocycles. The molecule has 7 nitrogen and oxygen atoms in total. The Morgan fingerprint density at radius 3 is 2.54 bits per heavy atom. The van der Waals surface area contributed by atoms with Crippen molar-refractivity contribution < 1.29 is 16.8 Å². The van der Waals surface area contributed by atoms with E-state index >= 15 is 0 Å². The minimum Gasteiger partial charge on any atom is -0.279 e. The molecule has 1 aromatic heterocycles. The average molecular weight is 420 g/mol. The molecule has 0 saturated carbocycles. The first-order valence-corrected chi connectivity index (χ1v) is 12.3. The van der Waals surface area contributed by atoms with E-state index in [9.17, 15) is 16.8 Å². The molecule has 0 bridgehead atoms. The van der Waals surface area contributed by atoms with Crippen molar-refractivity contribution in [3.8, 4) is 0 Å². The molecule has 28 heavy (non-hydrogen) atoms. The number of fused-ring (bicyclic) bond motifs is 1. The van der Waals surface area contributed by atoms with E-state index in [2.05, 4.69) is 9.82 Å². The number of aromatic nitrogens is 2. The zero-order valence-corrected chi connectivity index (χ0v) is 17.2. The minimum atomic E-state index is -3.89. The van der Waals surface area contributed by atoms with Gasteiger partial charge in [0, 0.05) is 5.39 Å². The van der Waals surface area contributed by atoms with E-state index in [1.807, 2.05) is 30.3 Å². The molecular formula is C19H21N3O4S2. The van der Waals surface area contributed by atoms with E-state index in [1.165, 1.54) is 0 Å².